The Labute approximate surface area is 114 Å². The van der Waals surface area contributed by atoms with Crippen LogP contribution in [0.1, 0.15) is 44.2 Å². The fourth-order valence-corrected chi connectivity index (χ4v) is 4.52. The largest absolute Gasteiger partial charge is 0.377 e. The van der Waals surface area contributed by atoms with Gasteiger partial charge in [0, 0.05) is 48.8 Å². The van der Waals surface area contributed by atoms with E-state index in [9.17, 15) is 0 Å². The van der Waals surface area contributed by atoms with Gasteiger partial charge in [0.2, 0.25) is 0 Å². The molecule has 0 bridgehead atoms. The Bertz CT molecular complexity index is 479. The van der Waals surface area contributed by atoms with Crippen LogP contribution in [0.15, 0.2) is 12.4 Å². The summed E-state index contributed by atoms with van der Waals surface area (Å²) in [6.07, 6.45) is 9.98. The number of rotatable bonds is 3. The van der Waals surface area contributed by atoms with Crippen LogP contribution in [0.25, 0.3) is 0 Å². The second-order valence-corrected chi connectivity index (χ2v) is 6.64. The topological polar surface area (TPSA) is 39.1 Å². The van der Waals surface area contributed by atoms with E-state index in [2.05, 4.69) is 23.5 Å². The number of aromatic nitrogens is 2. The molecule has 1 aromatic rings. The number of nitrogens with one attached hydrogen (secondary N) is 1. The minimum Gasteiger partial charge on any atom is -0.377 e. The molecule has 4 atom stereocenters. The molecule has 0 radical (unpaired) electrons. The van der Waals surface area contributed by atoms with E-state index in [1.807, 2.05) is 17.9 Å². The van der Waals surface area contributed by atoms with E-state index in [0.717, 1.165) is 12.5 Å². The molecular weight excluding hydrogens is 238 g/mol. The van der Waals surface area contributed by atoms with Crippen molar-refractivity contribution in [1.29, 1.82) is 0 Å². The molecule has 0 unspecified atom stereocenters. The number of ether oxygens (including phenoxy) is 1. The Balaban J connectivity index is 1.50. The lowest BCUT2D eigenvalue weighted by Crippen LogP contribution is -2.71. The van der Waals surface area contributed by atoms with Crippen molar-refractivity contribution >= 4 is 0 Å². The molecule has 3 fully saturated rings. The summed E-state index contributed by atoms with van der Waals surface area (Å²) in [7, 11) is 1.98. The number of fused-ring (bicyclic) bond motifs is 2. The van der Waals surface area contributed by atoms with Gasteiger partial charge in [-0.05, 0) is 26.2 Å². The fourth-order valence-electron chi connectivity index (χ4n) is 4.52. The van der Waals surface area contributed by atoms with Crippen LogP contribution in [0.4, 0.5) is 0 Å². The summed E-state index contributed by atoms with van der Waals surface area (Å²) in [5.74, 6) is 0.749. The normalized spacial score (nSPS) is 36.6. The van der Waals surface area contributed by atoms with Crippen molar-refractivity contribution in [3.63, 3.8) is 0 Å². The summed E-state index contributed by atoms with van der Waals surface area (Å²) in [6.45, 7) is 3.23. The lowest BCUT2D eigenvalue weighted by molar-refractivity contribution is -0.178. The maximum absolute atomic E-state index is 5.97. The van der Waals surface area contributed by atoms with Crippen LogP contribution in [0, 0.1) is 11.3 Å². The number of hydrogen-bond donors (Lipinski definition) is 1. The molecule has 0 aromatic carbocycles. The minimum absolute atomic E-state index is 0.387. The van der Waals surface area contributed by atoms with Crippen LogP contribution in [-0.2, 0) is 11.8 Å². The fraction of sp³-hybridized carbons (Fsp3) is 0.800. The highest BCUT2D eigenvalue weighted by Gasteiger charge is 2.66. The summed E-state index contributed by atoms with van der Waals surface area (Å²) in [6, 6.07) is 1.04. The van der Waals surface area contributed by atoms with Gasteiger partial charge in [0.25, 0.3) is 0 Å². The zero-order valence-electron chi connectivity index (χ0n) is 11.8. The Morgan fingerprint density at radius 3 is 3.00 bits per heavy atom. The highest BCUT2D eigenvalue weighted by Crippen LogP contribution is 2.63. The molecule has 2 heterocycles. The van der Waals surface area contributed by atoms with Gasteiger partial charge in [-0.25, -0.2) is 0 Å². The molecule has 0 amide bonds. The molecule has 1 aliphatic heterocycles. The van der Waals surface area contributed by atoms with Gasteiger partial charge in [-0.2, -0.15) is 5.10 Å². The van der Waals surface area contributed by atoms with Gasteiger partial charge in [-0.15, -0.1) is 0 Å². The molecule has 104 valence electrons. The monoisotopic (exact) mass is 261 g/mol. The first-order valence-electron chi connectivity index (χ1n) is 7.57. The molecule has 1 spiro atoms. The highest BCUT2D eigenvalue weighted by atomic mass is 16.5. The molecule has 19 heavy (non-hydrogen) atoms. The van der Waals surface area contributed by atoms with Crippen LogP contribution < -0.4 is 5.32 Å². The summed E-state index contributed by atoms with van der Waals surface area (Å²) < 4.78 is 7.86. The summed E-state index contributed by atoms with van der Waals surface area (Å²) in [4.78, 5) is 0. The first kappa shape index (κ1) is 11.9. The van der Waals surface area contributed by atoms with Crippen LogP contribution in [0.5, 0.6) is 0 Å². The predicted octanol–water partition coefficient (Wildman–Crippen LogP) is 2.03. The van der Waals surface area contributed by atoms with Crippen LogP contribution in [0.2, 0.25) is 0 Å². The Morgan fingerprint density at radius 1 is 1.53 bits per heavy atom. The van der Waals surface area contributed by atoms with E-state index in [-0.39, 0.29) is 0 Å². The lowest BCUT2D eigenvalue weighted by Gasteiger charge is -2.64. The molecule has 1 saturated heterocycles. The number of hydrogen-bond acceptors (Lipinski definition) is 3. The molecule has 4 rings (SSSR count). The Hall–Kier alpha value is -0.870. The summed E-state index contributed by atoms with van der Waals surface area (Å²) >= 11 is 0. The van der Waals surface area contributed by atoms with E-state index >= 15 is 0 Å². The smallest absolute Gasteiger partial charge is 0.0690 e. The third kappa shape index (κ3) is 1.56. The molecule has 2 aliphatic carbocycles. The third-order valence-corrected chi connectivity index (χ3v) is 5.69. The van der Waals surface area contributed by atoms with E-state index in [1.54, 1.807) is 0 Å². The first-order valence-corrected chi connectivity index (χ1v) is 7.57. The van der Waals surface area contributed by atoms with Crippen molar-refractivity contribution in [2.45, 2.75) is 50.8 Å². The average Bonchev–Trinajstić information content (AvgIpc) is 2.91. The number of aryl methyl sites for hydroxylation is 1. The van der Waals surface area contributed by atoms with Gasteiger partial charge < -0.3 is 10.1 Å². The van der Waals surface area contributed by atoms with Gasteiger partial charge in [-0.3, -0.25) is 4.68 Å². The van der Waals surface area contributed by atoms with Crippen LogP contribution >= 0.6 is 0 Å². The maximum atomic E-state index is 5.97. The van der Waals surface area contributed by atoms with Crippen molar-refractivity contribution in [1.82, 2.24) is 15.1 Å². The van der Waals surface area contributed by atoms with E-state index < -0.39 is 0 Å². The predicted molar refractivity (Wildman–Crippen MR) is 72.7 cm³/mol. The third-order valence-electron chi connectivity index (χ3n) is 5.69. The summed E-state index contributed by atoms with van der Waals surface area (Å²) in [5.41, 5.74) is 1.76. The van der Waals surface area contributed by atoms with Gasteiger partial charge >= 0.3 is 0 Å². The Morgan fingerprint density at radius 2 is 2.37 bits per heavy atom. The van der Waals surface area contributed by atoms with Crippen LogP contribution in [0.3, 0.4) is 0 Å². The zero-order chi connectivity index (χ0) is 13.0. The zero-order valence-corrected chi connectivity index (χ0v) is 11.8. The van der Waals surface area contributed by atoms with Crippen molar-refractivity contribution in [2.24, 2.45) is 18.4 Å². The summed E-state index contributed by atoms with van der Waals surface area (Å²) in [5, 5.41) is 8.15. The minimum atomic E-state index is 0.387. The Kier molecular flexibility index (Phi) is 2.55. The van der Waals surface area contributed by atoms with Crippen molar-refractivity contribution in [2.75, 3.05) is 6.61 Å². The standard InChI is InChI=1S/C15H23N3O/c1-10(11-8-16-18(2)9-11)17-13-12-4-7-19-14(12)15(13)5-3-6-15/h8-10,12-14,17H,3-7H2,1-2H3/t10-,12+,13-,14+/m1/s1. The van der Waals surface area contributed by atoms with Crippen molar-refractivity contribution in [3.05, 3.63) is 18.0 Å². The SMILES string of the molecule is C[C@@H](N[C@@H]1[C@@H]2CCO[C@@H]2C12CCC2)c1cnn(C)c1. The molecule has 1 aromatic heterocycles. The molecule has 2 saturated carbocycles. The second kappa shape index (κ2) is 4.06. The molecule has 3 aliphatic rings. The van der Waals surface area contributed by atoms with Crippen molar-refractivity contribution in [3.8, 4) is 0 Å². The first-order chi connectivity index (χ1) is 9.21. The van der Waals surface area contributed by atoms with Crippen LogP contribution in [-0.4, -0.2) is 28.5 Å². The lowest BCUT2D eigenvalue weighted by atomic mass is 9.46. The molecular formula is C15H23N3O. The van der Waals surface area contributed by atoms with Gasteiger partial charge in [0.15, 0.2) is 0 Å². The maximum Gasteiger partial charge on any atom is 0.0690 e. The average molecular weight is 261 g/mol. The van der Waals surface area contributed by atoms with Gasteiger partial charge in [0.1, 0.15) is 0 Å². The van der Waals surface area contributed by atoms with E-state index in [1.165, 1.54) is 31.2 Å². The van der Waals surface area contributed by atoms with Gasteiger partial charge in [-0.1, -0.05) is 6.42 Å². The molecule has 1 N–H and O–H groups in total. The number of nitrogens with zero attached hydrogens (tertiary/aromatic N) is 2. The van der Waals surface area contributed by atoms with Gasteiger partial charge in [0.05, 0.1) is 12.3 Å². The quantitative estimate of drug-likeness (QED) is 0.905. The van der Waals surface area contributed by atoms with E-state index in [4.69, 9.17) is 4.74 Å². The van der Waals surface area contributed by atoms with E-state index in [0.29, 0.717) is 23.6 Å². The molecule has 4 nitrogen and oxygen atoms in total. The second-order valence-electron chi connectivity index (χ2n) is 6.64. The molecule has 4 heteroatoms. The highest BCUT2D eigenvalue weighted by molar-refractivity contribution is 5.20. The van der Waals surface area contributed by atoms with Crippen molar-refractivity contribution < 1.29 is 4.74 Å².